The van der Waals surface area contributed by atoms with Gasteiger partial charge in [0.25, 0.3) is 0 Å². The second kappa shape index (κ2) is 10.2. The minimum atomic E-state index is 0.258. The molecule has 9 heteroatoms. The van der Waals surface area contributed by atoms with E-state index in [0.717, 1.165) is 41.2 Å². The quantitative estimate of drug-likeness (QED) is 0.412. The van der Waals surface area contributed by atoms with Gasteiger partial charge in [0.05, 0.1) is 19.8 Å². The van der Waals surface area contributed by atoms with Gasteiger partial charge in [0, 0.05) is 54.6 Å². The van der Waals surface area contributed by atoms with Crippen LogP contribution in [0.5, 0.6) is 5.88 Å². The summed E-state index contributed by atoms with van der Waals surface area (Å²) in [4.78, 5) is 19.0. The van der Waals surface area contributed by atoms with Crippen LogP contribution in [0.3, 0.4) is 0 Å². The molecule has 0 bridgehead atoms. The molecule has 4 aromatic rings. The van der Waals surface area contributed by atoms with Gasteiger partial charge < -0.3 is 19.4 Å². The van der Waals surface area contributed by atoms with Crippen LogP contribution in [0.25, 0.3) is 10.9 Å². The lowest BCUT2D eigenvalue weighted by Crippen LogP contribution is -2.37. The molecule has 1 fully saturated rings. The fraction of sp³-hybridized carbons (Fsp3) is 0.292. The van der Waals surface area contributed by atoms with Gasteiger partial charge in [0.1, 0.15) is 18.1 Å². The van der Waals surface area contributed by atoms with Crippen molar-refractivity contribution in [3.63, 3.8) is 0 Å². The van der Waals surface area contributed by atoms with Gasteiger partial charge in [0.2, 0.25) is 5.88 Å². The molecule has 0 radical (unpaired) electrons. The molecule has 0 atom stereocenters. The number of H-pyrrole nitrogens is 1. The number of nitrogens with zero attached hydrogens (tertiary/aromatic N) is 6. The lowest BCUT2D eigenvalue weighted by atomic mass is 10.2. The number of hydrogen-bond acceptors (Lipinski definition) is 8. The van der Waals surface area contributed by atoms with E-state index in [2.05, 4.69) is 30.1 Å². The Morgan fingerprint density at radius 2 is 1.94 bits per heavy atom. The van der Waals surface area contributed by atoms with Crippen molar-refractivity contribution in [2.24, 2.45) is 10.2 Å². The standard InChI is InChI=1S/C24H25N7O2/c1-2-7-20-19(6-1)21(16-26-20)30-27-17-22-28-23(31-10-13-32-14-11-31)15-24(29-22)33-12-8-18-5-3-4-9-25-18/h1-7,9,15-16,26H,8,10-14,17H2. The molecule has 0 amide bonds. The van der Waals surface area contributed by atoms with Crippen molar-refractivity contribution < 1.29 is 9.47 Å². The lowest BCUT2D eigenvalue weighted by molar-refractivity contribution is 0.122. The minimum absolute atomic E-state index is 0.258. The van der Waals surface area contributed by atoms with Crippen LogP contribution >= 0.6 is 0 Å². The third-order valence-electron chi connectivity index (χ3n) is 5.36. The van der Waals surface area contributed by atoms with Crippen molar-refractivity contribution in [1.29, 1.82) is 0 Å². The van der Waals surface area contributed by atoms with Gasteiger partial charge in [0.15, 0.2) is 5.82 Å². The zero-order valence-electron chi connectivity index (χ0n) is 18.2. The SMILES string of the molecule is c1ccc(CCOc2cc(N3CCOCC3)nc(CN=Nc3c[nH]c4ccccc34)n2)nc1. The molecule has 4 heterocycles. The van der Waals surface area contributed by atoms with Crippen molar-refractivity contribution in [2.45, 2.75) is 13.0 Å². The van der Waals surface area contributed by atoms with E-state index >= 15 is 0 Å². The van der Waals surface area contributed by atoms with E-state index < -0.39 is 0 Å². The first-order valence-electron chi connectivity index (χ1n) is 11.0. The fourth-order valence-electron chi connectivity index (χ4n) is 3.68. The van der Waals surface area contributed by atoms with Gasteiger partial charge in [-0.3, -0.25) is 4.98 Å². The number of aromatic amines is 1. The lowest BCUT2D eigenvalue weighted by Gasteiger charge is -2.28. The molecule has 3 aromatic heterocycles. The summed E-state index contributed by atoms with van der Waals surface area (Å²) in [5, 5.41) is 9.79. The second-order valence-electron chi connectivity index (χ2n) is 7.62. The molecular formula is C24H25N7O2. The minimum Gasteiger partial charge on any atom is -0.477 e. The summed E-state index contributed by atoms with van der Waals surface area (Å²) in [7, 11) is 0. The summed E-state index contributed by atoms with van der Waals surface area (Å²) in [6.07, 6.45) is 4.34. The Labute approximate surface area is 191 Å². The van der Waals surface area contributed by atoms with Gasteiger partial charge in [-0.25, -0.2) is 4.98 Å². The first-order valence-corrected chi connectivity index (χ1v) is 11.0. The van der Waals surface area contributed by atoms with Gasteiger partial charge in [-0.15, -0.1) is 0 Å². The first-order chi connectivity index (χ1) is 16.3. The number of rotatable bonds is 8. The Balaban J connectivity index is 1.31. The van der Waals surface area contributed by atoms with Crippen molar-refractivity contribution in [3.05, 3.63) is 72.4 Å². The predicted molar refractivity (Wildman–Crippen MR) is 125 cm³/mol. The van der Waals surface area contributed by atoms with Gasteiger partial charge in [-0.1, -0.05) is 24.3 Å². The van der Waals surface area contributed by atoms with Crippen LogP contribution < -0.4 is 9.64 Å². The van der Waals surface area contributed by atoms with E-state index in [4.69, 9.17) is 14.5 Å². The molecular weight excluding hydrogens is 418 g/mol. The fourth-order valence-corrected chi connectivity index (χ4v) is 3.68. The van der Waals surface area contributed by atoms with E-state index in [0.29, 0.717) is 37.9 Å². The number of benzene rings is 1. The van der Waals surface area contributed by atoms with Crippen LogP contribution in [-0.4, -0.2) is 52.8 Å². The number of fused-ring (bicyclic) bond motifs is 1. The Morgan fingerprint density at radius 3 is 2.82 bits per heavy atom. The van der Waals surface area contributed by atoms with E-state index in [1.165, 1.54) is 0 Å². The van der Waals surface area contributed by atoms with E-state index in [1.807, 2.05) is 54.7 Å². The molecule has 0 spiro atoms. The topological polar surface area (TPSA) is 101 Å². The highest BCUT2D eigenvalue weighted by atomic mass is 16.5. The molecule has 5 rings (SSSR count). The molecule has 0 saturated carbocycles. The maximum atomic E-state index is 5.97. The highest BCUT2D eigenvalue weighted by Crippen LogP contribution is 2.26. The summed E-state index contributed by atoms with van der Waals surface area (Å²) in [5.74, 6) is 1.91. The molecule has 1 aromatic carbocycles. The van der Waals surface area contributed by atoms with Crippen molar-refractivity contribution in [3.8, 4) is 5.88 Å². The van der Waals surface area contributed by atoms with Crippen LogP contribution in [0.4, 0.5) is 11.5 Å². The summed E-state index contributed by atoms with van der Waals surface area (Å²) in [6, 6.07) is 15.7. The smallest absolute Gasteiger partial charge is 0.218 e. The van der Waals surface area contributed by atoms with Crippen molar-refractivity contribution in [1.82, 2.24) is 19.9 Å². The maximum absolute atomic E-state index is 5.97. The maximum Gasteiger partial charge on any atom is 0.218 e. The predicted octanol–water partition coefficient (Wildman–Crippen LogP) is 4.09. The number of anilines is 1. The third kappa shape index (κ3) is 5.32. The zero-order valence-corrected chi connectivity index (χ0v) is 18.2. The summed E-state index contributed by atoms with van der Waals surface area (Å²) in [5.41, 5.74) is 2.80. The summed E-state index contributed by atoms with van der Waals surface area (Å²) >= 11 is 0. The Kier molecular flexibility index (Phi) is 6.48. The highest BCUT2D eigenvalue weighted by Gasteiger charge is 2.16. The molecule has 0 unspecified atom stereocenters. The van der Waals surface area contributed by atoms with Crippen LogP contribution in [0, 0.1) is 0 Å². The molecule has 1 saturated heterocycles. The number of nitrogens with one attached hydrogen (secondary N) is 1. The molecule has 1 N–H and O–H groups in total. The monoisotopic (exact) mass is 443 g/mol. The number of aromatic nitrogens is 4. The van der Waals surface area contributed by atoms with Crippen LogP contribution in [-0.2, 0) is 17.7 Å². The zero-order chi connectivity index (χ0) is 22.3. The number of azo groups is 1. The van der Waals surface area contributed by atoms with E-state index in [1.54, 1.807) is 6.20 Å². The first kappa shape index (κ1) is 21.0. The number of morpholine rings is 1. The van der Waals surface area contributed by atoms with Crippen LogP contribution in [0.15, 0.2) is 71.2 Å². The third-order valence-corrected chi connectivity index (χ3v) is 5.36. The molecule has 168 valence electrons. The number of para-hydroxylation sites is 1. The molecule has 0 aliphatic carbocycles. The Bertz CT molecular complexity index is 1220. The Hall–Kier alpha value is -3.85. The summed E-state index contributed by atoms with van der Waals surface area (Å²) < 4.78 is 11.4. The van der Waals surface area contributed by atoms with E-state index in [-0.39, 0.29) is 6.54 Å². The average molecular weight is 444 g/mol. The normalized spacial score (nSPS) is 14.2. The Morgan fingerprint density at radius 1 is 1.06 bits per heavy atom. The number of hydrogen-bond donors (Lipinski definition) is 1. The van der Waals surface area contributed by atoms with Crippen molar-refractivity contribution >= 4 is 22.4 Å². The number of ether oxygens (including phenoxy) is 2. The summed E-state index contributed by atoms with van der Waals surface area (Å²) in [6.45, 7) is 3.65. The molecule has 1 aliphatic rings. The largest absolute Gasteiger partial charge is 0.477 e. The van der Waals surface area contributed by atoms with Crippen LogP contribution in [0.1, 0.15) is 11.5 Å². The van der Waals surface area contributed by atoms with Crippen LogP contribution in [0.2, 0.25) is 0 Å². The molecule has 33 heavy (non-hydrogen) atoms. The highest BCUT2D eigenvalue weighted by molar-refractivity contribution is 5.90. The van der Waals surface area contributed by atoms with Crippen molar-refractivity contribution in [2.75, 3.05) is 37.8 Å². The number of pyridine rings is 1. The van der Waals surface area contributed by atoms with Gasteiger partial charge in [-0.2, -0.15) is 15.2 Å². The second-order valence-corrected chi connectivity index (χ2v) is 7.62. The molecule has 9 nitrogen and oxygen atoms in total. The average Bonchev–Trinajstić information content (AvgIpc) is 3.28. The van der Waals surface area contributed by atoms with E-state index in [9.17, 15) is 0 Å². The van der Waals surface area contributed by atoms with Gasteiger partial charge in [-0.05, 0) is 18.2 Å². The molecule has 1 aliphatic heterocycles. The van der Waals surface area contributed by atoms with Gasteiger partial charge >= 0.3 is 0 Å².